The Morgan fingerprint density at radius 3 is 2.47 bits per heavy atom. The Morgan fingerprint density at radius 1 is 1.19 bits per heavy atom. The maximum absolute atomic E-state index is 13.4. The van der Waals surface area contributed by atoms with Crippen molar-refractivity contribution in [3.63, 3.8) is 0 Å². The van der Waals surface area contributed by atoms with Crippen LogP contribution in [0.15, 0.2) is 17.0 Å². The number of aliphatic hydroxyl groups is 1. The standard InChI is InChI=1S/C22H23F2N7O3S2/c1-12-26-16-14(17(27-12)19-28-29-20(35-19)18(23)24)9-13(36(33,34)30-22(11-25)3-4-22)10-15(16)31-7-5-21(2,32)6-8-31/h9-10,18,30,32H,3-8H2,1-2H3. The van der Waals surface area contributed by atoms with E-state index in [1.54, 1.807) is 13.8 Å². The van der Waals surface area contributed by atoms with Gasteiger partial charge in [-0.2, -0.15) is 9.98 Å². The SMILES string of the molecule is Cc1nc(-c2nnc(C(F)F)s2)c2cc(S(=O)(=O)NC3(C#N)CC3)cc(N3CCC(C)(O)CC3)c2n1. The number of nitrogens with zero attached hydrogens (tertiary/aromatic N) is 6. The van der Waals surface area contributed by atoms with Crippen LogP contribution in [0.5, 0.6) is 0 Å². The fraction of sp³-hybridized carbons (Fsp3) is 0.500. The molecule has 10 nitrogen and oxygen atoms in total. The summed E-state index contributed by atoms with van der Waals surface area (Å²) in [4.78, 5) is 10.8. The molecule has 2 aromatic heterocycles. The van der Waals surface area contributed by atoms with Gasteiger partial charge < -0.3 is 10.0 Å². The molecular formula is C22H23F2N7O3S2. The number of anilines is 1. The number of piperidine rings is 1. The molecule has 5 rings (SSSR count). The van der Waals surface area contributed by atoms with Crippen LogP contribution in [0.25, 0.3) is 21.6 Å². The van der Waals surface area contributed by atoms with Crippen LogP contribution in [0.3, 0.4) is 0 Å². The molecule has 36 heavy (non-hydrogen) atoms. The normalized spacial score (nSPS) is 19.0. The van der Waals surface area contributed by atoms with Crippen LogP contribution in [0.2, 0.25) is 0 Å². The maximum atomic E-state index is 13.4. The molecule has 2 N–H and O–H groups in total. The molecule has 2 fully saturated rings. The number of fused-ring (bicyclic) bond motifs is 1. The summed E-state index contributed by atoms with van der Waals surface area (Å²) in [6.45, 7) is 4.31. The first-order valence-electron chi connectivity index (χ1n) is 11.3. The number of halogens is 2. The van der Waals surface area contributed by atoms with Gasteiger partial charge >= 0.3 is 0 Å². The van der Waals surface area contributed by atoms with E-state index in [-0.39, 0.29) is 15.6 Å². The van der Waals surface area contributed by atoms with Gasteiger partial charge in [-0.05, 0) is 51.7 Å². The Hall–Kier alpha value is -2.86. The molecule has 14 heteroatoms. The van der Waals surface area contributed by atoms with Gasteiger partial charge in [0.1, 0.15) is 17.1 Å². The summed E-state index contributed by atoms with van der Waals surface area (Å²) in [5.41, 5.74) is -0.818. The van der Waals surface area contributed by atoms with Crippen LogP contribution in [0.1, 0.15) is 49.9 Å². The number of nitriles is 1. The number of hydrogen-bond donors (Lipinski definition) is 2. The van der Waals surface area contributed by atoms with Gasteiger partial charge in [0.2, 0.25) is 10.0 Å². The molecule has 1 aromatic carbocycles. The third-order valence-corrected chi connectivity index (χ3v) is 8.93. The summed E-state index contributed by atoms with van der Waals surface area (Å²) >= 11 is 0.679. The average Bonchev–Trinajstić information content (AvgIpc) is 3.39. The van der Waals surface area contributed by atoms with Crippen LogP contribution in [-0.4, -0.2) is 57.9 Å². The second kappa shape index (κ2) is 8.62. The van der Waals surface area contributed by atoms with E-state index in [9.17, 15) is 27.6 Å². The summed E-state index contributed by atoms with van der Waals surface area (Å²) in [5, 5.41) is 27.2. The summed E-state index contributed by atoms with van der Waals surface area (Å²) < 4.78 is 55.6. The minimum absolute atomic E-state index is 0.101. The van der Waals surface area contributed by atoms with Crippen molar-refractivity contribution in [2.24, 2.45) is 0 Å². The van der Waals surface area contributed by atoms with Crippen molar-refractivity contribution >= 4 is 38.0 Å². The summed E-state index contributed by atoms with van der Waals surface area (Å²) in [6.07, 6.45) is -1.04. The van der Waals surface area contributed by atoms with Crippen LogP contribution >= 0.6 is 11.3 Å². The van der Waals surface area contributed by atoms with Crippen molar-refractivity contribution in [1.29, 1.82) is 5.26 Å². The van der Waals surface area contributed by atoms with Gasteiger partial charge in [-0.3, -0.25) is 0 Å². The molecule has 1 saturated carbocycles. The molecule has 190 valence electrons. The predicted octanol–water partition coefficient (Wildman–Crippen LogP) is 3.08. The second-order valence-corrected chi connectivity index (χ2v) is 12.2. The average molecular weight is 536 g/mol. The number of aryl methyl sites for hydroxylation is 1. The van der Waals surface area contributed by atoms with E-state index in [1.807, 2.05) is 11.0 Å². The molecule has 1 saturated heterocycles. The minimum Gasteiger partial charge on any atom is -0.390 e. The Balaban J connectivity index is 1.71. The van der Waals surface area contributed by atoms with Gasteiger partial charge in [0.15, 0.2) is 10.0 Å². The lowest BCUT2D eigenvalue weighted by Crippen LogP contribution is -2.42. The summed E-state index contributed by atoms with van der Waals surface area (Å²) in [6, 6.07) is 4.90. The highest BCUT2D eigenvalue weighted by molar-refractivity contribution is 7.89. The molecule has 3 aromatic rings. The first-order valence-corrected chi connectivity index (χ1v) is 13.6. The minimum atomic E-state index is -4.12. The molecular weight excluding hydrogens is 512 g/mol. The van der Waals surface area contributed by atoms with Crippen molar-refractivity contribution < 1.29 is 22.3 Å². The van der Waals surface area contributed by atoms with Gasteiger partial charge in [0, 0.05) is 18.5 Å². The van der Waals surface area contributed by atoms with E-state index in [4.69, 9.17) is 0 Å². The lowest BCUT2D eigenvalue weighted by Gasteiger charge is -2.37. The van der Waals surface area contributed by atoms with Gasteiger partial charge in [0.25, 0.3) is 6.43 Å². The lowest BCUT2D eigenvalue weighted by atomic mass is 9.93. The number of sulfonamides is 1. The van der Waals surface area contributed by atoms with Crippen LogP contribution < -0.4 is 9.62 Å². The number of aromatic nitrogens is 4. The smallest absolute Gasteiger partial charge is 0.291 e. The van der Waals surface area contributed by atoms with E-state index in [0.29, 0.717) is 72.5 Å². The molecule has 3 heterocycles. The van der Waals surface area contributed by atoms with Gasteiger partial charge in [0.05, 0.1) is 27.8 Å². The Kier molecular flexibility index (Phi) is 5.94. The molecule has 0 radical (unpaired) electrons. The van der Waals surface area contributed by atoms with E-state index < -0.39 is 32.6 Å². The fourth-order valence-electron chi connectivity index (χ4n) is 4.19. The zero-order valence-corrected chi connectivity index (χ0v) is 21.1. The van der Waals surface area contributed by atoms with Crippen LogP contribution in [-0.2, 0) is 10.0 Å². The van der Waals surface area contributed by atoms with Crippen molar-refractivity contribution in [3.05, 3.63) is 23.0 Å². The molecule has 0 spiro atoms. The number of rotatable bonds is 6. The van der Waals surface area contributed by atoms with Crippen molar-refractivity contribution in [3.8, 4) is 16.8 Å². The molecule has 0 unspecified atom stereocenters. The van der Waals surface area contributed by atoms with E-state index in [2.05, 4.69) is 24.9 Å². The first kappa shape index (κ1) is 24.8. The lowest BCUT2D eigenvalue weighted by molar-refractivity contribution is 0.0351. The van der Waals surface area contributed by atoms with Crippen molar-refractivity contribution in [1.82, 2.24) is 24.9 Å². The monoisotopic (exact) mass is 535 g/mol. The quantitative estimate of drug-likeness (QED) is 0.486. The highest BCUT2D eigenvalue weighted by Crippen LogP contribution is 2.40. The highest BCUT2D eigenvalue weighted by atomic mass is 32.2. The zero-order chi connectivity index (χ0) is 25.9. The topological polar surface area (TPSA) is 145 Å². The third kappa shape index (κ3) is 4.63. The first-order chi connectivity index (χ1) is 16.9. The molecule has 2 aliphatic rings. The van der Waals surface area contributed by atoms with Crippen molar-refractivity contribution in [2.75, 3.05) is 18.0 Å². The number of alkyl halides is 2. The largest absolute Gasteiger partial charge is 0.390 e. The van der Waals surface area contributed by atoms with Crippen LogP contribution in [0, 0.1) is 18.3 Å². The molecule has 0 atom stereocenters. The number of nitrogens with one attached hydrogen (secondary N) is 1. The Labute approximate surface area is 210 Å². The van der Waals surface area contributed by atoms with Gasteiger partial charge in [-0.25, -0.2) is 27.2 Å². The second-order valence-electron chi connectivity index (χ2n) is 9.49. The molecule has 1 aliphatic heterocycles. The van der Waals surface area contributed by atoms with Gasteiger partial charge in [-0.1, -0.05) is 11.3 Å². The maximum Gasteiger partial charge on any atom is 0.291 e. The molecule has 0 amide bonds. The number of hydrogen-bond acceptors (Lipinski definition) is 10. The summed E-state index contributed by atoms with van der Waals surface area (Å²) in [7, 11) is -4.12. The zero-order valence-electron chi connectivity index (χ0n) is 19.5. The molecule has 0 bridgehead atoms. The van der Waals surface area contributed by atoms with Crippen LogP contribution in [0.4, 0.5) is 14.5 Å². The third-order valence-electron chi connectivity index (χ3n) is 6.48. The van der Waals surface area contributed by atoms with Crippen molar-refractivity contribution in [2.45, 2.75) is 62.0 Å². The predicted molar refractivity (Wildman–Crippen MR) is 128 cm³/mol. The highest BCUT2D eigenvalue weighted by Gasteiger charge is 2.47. The Morgan fingerprint density at radius 2 is 1.89 bits per heavy atom. The summed E-state index contributed by atoms with van der Waals surface area (Å²) in [5.74, 6) is 0.353. The fourth-order valence-corrected chi connectivity index (χ4v) is 6.31. The van der Waals surface area contributed by atoms with E-state index in [0.717, 1.165) is 0 Å². The van der Waals surface area contributed by atoms with Gasteiger partial charge in [-0.15, -0.1) is 10.2 Å². The Bertz CT molecular complexity index is 1490. The van der Waals surface area contributed by atoms with E-state index >= 15 is 0 Å². The molecule has 1 aliphatic carbocycles. The van der Waals surface area contributed by atoms with E-state index in [1.165, 1.54) is 12.1 Å². The number of benzene rings is 1.